The van der Waals surface area contributed by atoms with E-state index in [2.05, 4.69) is 188 Å². The van der Waals surface area contributed by atoms with Crippen molar-refractivity contribution in [2.24, 2.45) is 0 Å². The van der Waals surface area contributed by atoms with Gasteiger partial charge in [0.15, 0.2) is 0 Å². The van der Waals surface area contributed by atoms with Crippen molar-refractivity contribution in [2.45, 2.75) is 11.3 Å². The molecular weight excluding hydrogens is 789 g/mol. The van der Waals surface area contributed by atoms with Gasteiger partial charge in [-0.25, -0.2) is 0 Å². The normalized spacial score (nSPS) is 14.2. The fourth-order valence-corrected chi connectivity index (χ4v) is 11.3. The number of hydrogen-bond acceptors (Lipinski definition) is 2. The quantitative estimate of drug-likeness (QED) is 0.156. The second-order valence-corrected chi connectivity index (χ2v) is 17.4. The molecule has 1 atom stereocenters. The summed E-state index contributed by atoms with van der Waals surface area (Å²) in [7, 11) is 0. The van der Waals surface area contributed by atoms with Crippen molar-refractivity contribution in [3.8, 4) is 55.6 Å². The minimum Gasteiger partial charge on any atom is -0.456 e. The fraction of sp³-hybridized carbons (Fsp3) is 0.0317. The molecule has 2 aliphatic carbocycles. The van der Waals surface area contributed by atoms with E-state index in [4.69, 9.17) is 4.42 Å². The molecule has 0 aliphatic heterocycles. The molecule has 0 saturated carbocycles. The Bertz CT molecular complexity index is 3680. The lowest BCUT2D eigenvalue weighted by Crippen LogP contribution is -2.28. The summed E-state index contributed by atoms with van der Waals surface area (Å²) in [5.74, 6) is -0.0807. The van der Waals surface area contributed by atoms with Gasteiger partial charge in [-0.05, 0) is 119 Å². The summed E-state index contributed by atoms with van der Waals surface area (Å²) in [6.07, 6.45) is 0. The molecule has 0 bridgehead atoms. The number of benzene rings is 10. The highest BCUT2D eigenvalue weighted by Crippen LogP contribution is 2.63. The Hall–Kier alpha value is -8.33. The van der Waals surface area contributed by atoms with Gasteiger partial charge in [-0.3, -0.25) is 4.79 Å². The summed E-state index contributed by atoms with van der Waals surface area (Å²) in [5.41, 5.74) is 21.3. The van der Waals surface area contributed by atoms with E-state index in [9.17, 15) is 4.79 Å². The molecule has 0 amide bonds. The summed E-state index contributed by atoms with van der Waals surface area (Å²) in [5, 5.41) is 1.15. The maximum Gasteiger partial charge on any atom is 0.200 e. The van der Waals surface area contributed by atoms with E-state index in [1.54, 1.807) is 0 Å². The first kappa shape index (κ1) is 37.2. The van der Waals surface area contributed by atoms with Crippen LogP contribution in [-0.4, -0.2) is 0 Å². The van der Waals surface area contributed by atoms with E-state index in [1.165, 1.54) is 72.3 Å². The van der Waals surface area contributed by atoms with Gasteiger partial charge in [-0.15, -0.1) is 0 Å². The minimum atomic E-state index is -0.519. The number of rotatable bonds is 6. The lowest BCUT2D eigenvalue weighted by molar-refractivity contribution is 0.660. The smallest absolute Gasteiger partial charge is 0.200 e. The van der Waals surface area contributed by atoms with Gasteiger partial charge in [0.25, 0.3) is 0 Å². The summed E-state index contributed by atoms with van der Waals surface area (Å²) in [4.78, 5) is 14.1. The van der Waals surface area contributed by atoms with Crippen molar-refractivity contribution in [2.75, 3.05) is 0 Å². The summed E-state index contributed by atoms with van der Waals surface area (Å²) < 4.78 is 6.54. The first-order chi connectivity index (χ1) is 32.2. The van der Waals surface area contributed by atoms with Crippen molar-refractivity contribution in [1.29, 1.82) is 0 Å². The second kappa shape index (κ2) is 14.6. The van der Waals surface area contributed by atoms with Crippen molar-refractivity contribution >= 4 is 21.9 Å². The molecule has 0 saturated heterocycles. The molecule has 2 aliphatic rings. The van der Waals surface area contributed by atoms with Crippen molar-refractivity contribution in [3.05, 3.63) is 286 Å². The van der Waals surface area contributed by atoms with Crippen molar-refractivity contribution < 1.29 is 4.42 Å². The molecule has 10 aromatic carbocycles. The average Bonchev–Trinajstić information content (AvgIpc) is 3.88. The van der Waals surface area contributed by atoms with Crippen LogP contribution < -0.4 is 5.43 Å². The van der Waals surface area contributed by atoms with E-state index in [0.29, 0.717) is 21.9 Å². The Morgan fingerprint density at radius 3 is 1.68 bits per heavy atom. The average molecular weight is 829 g/mol. The predicted molar refractivity (Wildman–Crippen MR) is 266 cm³/mol. The van der Waals surface area contributed by atoms with Gasteiger partial charge in [0.2, 0.25) is 5.43 Å². The molecule has 304 valence electrons. The molecule has 65 heavy (non-hydrogen) atoms. The van der Waals surface area contributed by atoms with E-state index >= 15 is 0 Å². The summed E-state index contributed by atoms with van der Waals surface area (Å²) >= 11 is 0. The highest BCUT2D eigenvalue weighted by molar-refractivity contribution is 5.99. The molecule has 2 nitrogen and oxygen atoms in total. The van der Waals surface area contributed by atoms with Crippen LogP contribution in [0.4, 0.5) is 0 Å². The van der Waals surface area contributed by atoms with Crippen LogP contribution in [0.5, 0.6) is 0 Å². The van der Waals surface area contributed by atoms with Crippen LogP contribution in [-0.2, 0) is 5.41 Å². The van der Waals surface area contributed by atoms with Gasteiger partial charge in [0.05, 0.1) is 16.2 Å². The standard InChI is InChI=1S/C63H40O2/c64-62-52-33-31-44(39-57(52)65-56-36-32-43(38-53(56)62)40-17-5-1-6-18-40)42-21-15-22-45(37-42)58-59-48(41-19-7-2-8-20-41)28-16-29-49(59)50-34-35-55-60(61(50)58)51-27-13-14-30-54(51)63(55,46-23-9-3-10-24-46)47-25-11-4-12-26-47/h1-39,58H. The summed E-state index contributed by atoms with van der Waals surface area (Å²) in [6, 6.07) is 84.8. The maximum absolute atomic E-state index is 14.1. The van der Waals surface area contributed by atoms with Crippen LogP contribution in [0.1, 0.15) is 44.9 Å². The summed E-state index contributed by atoms with van der Waals surface area (Å²) in [6.45, 7) is 0. The SMILES string of the molecule is O=c1c2ccc(-c3cccc(C4c5c(-c6ccccc6)cccc5-c5ccc6c(c54)-c4ccccc4C6(c4ccccc4)c4ccccc4)c3)cc2oc2ccc(-c3ccccc3)cc12. The Labute approximate surface area is 377 Å². The fourth-order valence-electron chi connectivity index (χ4n) is 11.3. The van der Waals surface area contributed by atoms with E-state index in [1.807, 2.05) is 48.5 Å². The molecule has 11 aromatic rings. The molecule has 13 rings (SSSR count). The Morgan fingerprint density at radius 1 is 0.354 bits per heavy atom. The van der Waals surface area contributed by atoms with Gasteiger partial charge >= 0.3 is 0 Å². The van der Waals surface area contributed by atoms with Gasteiger partial charge in [-0.1, -0.05) is 212 Å². The minimum absolute atomic E-state index is 0.0249. The molecule has 0 N–H and O–H groups in total. The third-order valence-corrected chi connectivity index (χ3v) is 14.1. The molecule has 2 heteroatoms. The van der Waals surface area contributed by atoms with Crippen LogP contribution in [0.3, 0.4) is 0 Å². The molecule has 1 aromatic heterocycles. The van der Waals surface area contributed by atoms with E-state index in [-0.39, 0.29) is 11.3 Å². The number of hydrogen-bond donors (Lipinski definition) is 0. The van der Waals surface area contributed by atoms with Crippen LogP contribution in [0.15, 0.2) is 246 Å². The third kappa shape index (κ3) is 5.57. The molecule has 0 fully saturated rings. The van der Waals surface area contributed by atoms with Crippen LogP contribution in [0.25, 0.3) is 77.6 Å². The first-order valence-corrected chi connectivity index (χ1v) is 22.4. The largest absolute Gasteiger partial charge is 0.456 e. The lowest BCUT2D eigenvalue weighted by Gasteiger charge is -2.34. The molecule has 1 heterocycles. The monoisotopic (exact) mass is 828 g/mol. The molecular formula is C63H40O2. The van der Waals surface area contributed by atoms with E-state index < -0.39 is 5.41 Å². The van der Waals surface area contributed by atoms with Gasteiger partial charge in [0, 0.05) is 5.92 Å². The van der Waals surface area contributed by atoms with Gasteiger partial charge in [0.1, 0.15) is 11.2 Å². The maximum atomic E-state index is 14.1. The topological polar surface area (TPSA) is 30.2 Å². The first-order valence-electron chi connectivity index (χ1n) is 22.4. The zero-order valence-electron chi connectivity index (χ0n) is 35.4. The lowest BCUT2D eigenvalue weighted by atomic mass is 9.67. The third-order valence-electron chi connectivity index (χ3n) is 14.1. The number of fused-ring (bicyclic) bond motifs is 9. The van der Waals surface area contributed by atoms with Crippen LogP contribution >= 0.6 is 0 Å². The highest BCUT2D eigenvalue weighted by Gasteiger charge is 2.49. The highest BCUT2D eigenvalue weighted by atomic mass is 16.3. The van der Waals surface area contributed by atoms with Gasteiger partial charge < -0.3 is 4.42 Å². The predicted octanol–water partition coefficient (Wildman–Crippen LogP) is 15.5. The van der Waals surface area contributed by atoms with Crippen molar-refractivity contribution in [1.82, 2.24) is 0 Å². The Balaban J connectivity index is 1.03. The Kier molecular flexibility index (Phi) is 8.38. The molecule has 0 radical (unpaired) electrons. The molecule has 1 unspecified atom stereocenters. The molecule has 0 spiro atoms. The van der Waals surface area contributed by atoms with Gasteiger partial charge in [-0.2, -0.15) is 0 Å². The zero-order valence-corrected chi connectivity index (χ0v) is 35.4. The van der Waals surface area contributed by atoms with E-state index in [0.717, 1.165) is 22.3 Å². The second-order valence-electron chi connectivity index (χ2n) is 17.4. The zero-order chi connectivity index (χ0) is 43.1. The van der Waals surface area contributed by atoms with Crippen LogP contribution in [0.2, 0.25) is 0 Å². The van der Waals surface area contributed by atoms with Crippen molar-refractivity contribution in [3.63, 3.8) is 0 Å². The Morgan fingerprint density at radius 2 is 0.923 bits per heavy atom. The van der Waals surface area contributed by atoms with Crippen LogP contribution in [0, 0.1) is 0 Å².